The average molecular weight is 372 g/mol. The Hall–Kier alpha value is -2.56. The van der Waals surface area contributed by atoms with Crippen molar-refractivity contribution in [1.82, 2.24) is 4.98 Å². The molecule has 1 heterocycles. The van der Waals surface area contributed by atoms with Crippen molar-refractivity contribution < 1.29 is 4.79 Å². The summed E-state index contributed by atoms with van der Waals surface area (Å²) in [7, 11) is 0. The minimum absolute atomic E-state index is 0.239. The lowest BCUT2D eigenvalue weighted by atomic mass is 10.2. The second kappa shape index (κ2) is 7.55. The topological polar surface area (TPSA) is 54.0 Å². The van der Waals surface area contributed by atoms with Crippen molar-refractivity contribution in [1.29, 1.82) is 0 Å². The zero-order valence-electron chi connectivity index (χ0n) is 13.4. The fourth-order valence-corrected chi connectivity index (χ4v) is 2.56. The molecule has 0 aliphatic heterocycles. The molecule has 0 radical (unpaired) electrons. The first-order chi connectivity index (χ1) is 12.0. The summed E-state index contributed by atoms with van der Waals surface area (Å²) in [6.45, 7) is 1.99. The molecule has 0 aliphatic carbocycles. The van der Waals surface area contributed by atoms with Gasteiger partial charge in [0.2, 0.25) is 0 Å². The Morgan fingerprint density at radius 3 is 2.48 bits per heavy atom. The molecular weight excluding hydrogens is 357 g/mol. The molecule has 0 aliphatic rings. The Kier molecular flexibility index (Phi) is 5.22. The fraction of sp³-hybridized carbons (Fsp3) is 0.0526. The number of halogens is 2. The van der Waals surface area contributed by atoms with Crippen molar-refractivity contribution in [2.45, 2.75) is 6.92 Å². The number of aromatic nitrogens is 1. The molecule has 0 saturated carbocycles. The van der Waals surface area contributed by atoms with Crippen LogP contribution in [0, 0.1) is 6.92 Å². The molecule has 0 unspecified atom stereocenters. The van der Waals surface area contributed by atoms with Gasteiger partial charge < -0.3 is 10.6 Å². The predicted octanol–water partition coefficient (Wildman–Crippen LogP) is 5.69. The number of rotatable bonds is 4. The second-order valence-electron chi connectivity index (χ2n) is 5.53. The van der Waals surface area contributed by atoms with E-state index in [9.17, 15) is 4.79 Å². The number of benzene rings is 2. The number of nitrogens with zero attached hydrogens (tertiary/aromatic N) is 1. The van der Waals surface area contributed by atoms with Crippen LogP contribution < -0.4 is 10.6 Å². The Labute approximate surface area is 155 Å². The van der Waals surface area contributed by atoms with Gasteiger partial charge in [0, 0.05) is 16.9 Å². The van der Waals surface area contributed by atoms with Crippen molar-refractivity contribution in [3.63, 3.8) is 0 Å². The normalized spacial score (nSPS) is 10.4. The maximum absolute atomic E-state index is 12.4. The van der Waals surface area contributed by atoms with E-state index in [0.29, 0.717) is 27.0 Å². The first kappa shape index (κ1) is 17.3. The molecule has 6 heteroatoms. The van der Waals surface area contributed by atoms with E-state index in [1.54, 1.807) is 30.5 Å². The van der Waals surface area contributed by atoms with E-state index in [2.05, 4.69) is 15.6 Å². The van der Waals surface area contributed by atoms with Crippen LogP contribution in [0.25, 0.3) is 0 Å². The molecular formula is C19H15Cl2N3O. The van der Waals surface area contributed by atoms with E-state index in [-0.39, 0.29) is 5.91 Å². The predicted molar refractivity (Wildman–Crippen MR) is 103 cm³/mol. The molecule has 2 N–H and O–H groups in total. The Bertz CT molecular complexity index is 911. The van der Waals surface area contributed by atoms with Crippen molar-refractivity contribution in [3.05, 3.63) is 82.1 Å². The van der Waals surface area contributed by atoms with Crippen molar-refractivity contribution >= 4 is 46.2 Å². The van der Waals surface area contributed by atoms with Crippen LogP contribution >= 0.6 is 23.2 Å². The summed E-state index contributed by atoms with van der Waals surface area (Å²) in [5.74, 6) is -0.239. The second-order valence-corrected chi connectivity index (χ2v) is 6.38. The maximum atomic E-state index is 12.4. The molecule has 0 atom stereocenters. The van der Waals surface area contributed by atoms with Gasteiger partial charge in [0.05, 0.1) is 28.2 Å². The molecule has 25 heavy (non-hydrogen) atoms. The van der Waals surface area contributed by atoms with Crippen LogP contribution in [0.5, 0.6) is 0 Å². The lowest BCUT2D eigenvalue weighted by Gasteiger charge is -2.10. The van der Waals surface area contributed by atoms with Crippen LogP contribution in [0.4, 0.5) is 17.1 Å². The fourth-order valence-electron chi connectivity index (χ4n) is 2.22. The number of carbonyl (C=O) groups excluding carboxylic acids is 1. The minimum Gasteiger partial charge on any atom is -0.353 e. The SMILES string of the molecule is Cc1ccc(NC(=O)c2cncc(Nc3cc(Cl)ccc3Cl)c2)cc1. The standard InChI is InChI=1S/C19H15Cl2N3O/c1-12-2-5-15(6-3-12)24-19(25)13-8-16(11-22-10-13)23-18-9-14(20)4-7-17(18)21/h2-11,23H,1H3,(H,24,25). The number of nitrogens with one attached hydrogen (secondary N) is 2. The van der Waals surface area contributed by atoms with Gasteiger partial charge in [-0.2, -0.15) is 0 Å². The van der Waals surface area contributed by atoms with Crippen molar-refractivity contribution in [2.24, 2.45) is 0 Å². The lowest BCUT2D eigenvalue weighted by molar-refractivity contribution is 0.102. The summed E-state index contributed by atoms with van der Waals surface area (Å²) < 4.78 is 0. The number of pyridine rings is 1. The zero-order chi connectivity index (χ0) is 17.8. The van der Waals surface area contributed by atoms with Gasteiger partial charge in [-0.1, -0.05) is 40.9 Å². The Balaban J connectivity index is 1.77. The molecule has 1 aromatic heterocycles. The van der Waals surface area contributed by atoms with E-state index >= 15 is 0 Å². The third-order valence-electron chi connectivity index (χ3n) is 3.52. The van der Waals surface area contributed by atoms with E-state index in [4.69, 9.17) is 23.2 Å². The summed E-state index contributed by atoms with van der Waals surface area (Å²) in [4.78, 5) is 16.5. The molecule has 0 spiro atoms. The van der Waals surface area contributed by atoms with E-state index in [1.165, 1.54) is 6.20 Å². The number of hydrogen-bond donors (Lipinski definition) is 2. The lowest BCUT2D eigenvalue weighted by Crippen LogP contribution is -2.12. The summed E-state index contributed by atoms with van der Waals surface area (Å²) in [6.07, 6.45) is 3.12. The Morgan fingerprint density at radius 1 is 0.960 bits per heavy atom. The van der Waals surface area contributed by atoms with Crippen LogP contribution in [0.15, 0.2) is 60.9 Å². The van der Waals surface area contributed by atoms with E-state index in [1.807, 2.05) is 31.2 Å². The van der Waals surface area contributed by atoms with E-state index < -0.39 is 0 Å². The highest BCUT2D eigenvalue weighted by atomic mass is 35.5. The van der Waals surface area contributed by atoms with Gasteiger partial charge >= 0.3 is 0 Å². The first-order valence-electron chi connectivity index (χ1n) is 7.56. The van der Waals surface area contributed by atoms with Gasteiger partial charge in [0.1, 0.15) is 0 Å². The number of hydrogen-bond acceptors (Lipinski definition) is 3. The summed E-state index contributed by atoms with van der Waals surface area (Å²) in [6, 6.07) is 14.4. The van der Waals surface area contributed by atoms with Gasteiger partial charge in [-0.25, -0.2) is 0 Å². The largest absolute Gasteiger partial charge is 0.353 e. The Morgan fingerprint density at radius 2 is 1.72 bits per heavy atom. The molecule has 0 saturated heterocycles. The monoisotopic (exact) mass is 371 g/mol. The summed E-state index contributed by atoms with van der Waals surface area (Å²) in [5.41, 5.74) is 3.58. The van der Waals surface area contributed by atoms with Gasteiger partial charge in [-0.15, -0.1) is 0 Å². The highest BCUT2D eigenvalue weighted by Gasteiger charge is 2.09. The van der Waals surface area contributed by atoms with Gasteiger partial charge in [0.15, 0.2) is 0 Å². The molecule has 0 fully saturated rings. The van der Waals surface area contributed by atoms with Crippen LogP contribution in [0.3, 0.4) is 0 Å². The quantitative estimate of drug-likeness (QED) is 0.618. The number of anilines is 3. The molecule has 126 valence electrons. The van der Waals surface area contributed by atoms with Crippen molar-refractivity contribution in [2.75, 3.05) is 10.6 Å². The number of aryl methyl sites for hydroxylation is 1. The van der Waals surface area contributed by atoms with Crippen LogP contribution in [-0.2, 0) is 0 Å². The number of amides is 1. The molecule has 4 nitrogen and oxygen atoms in total. The molecule has 0 bridgehead atoms. The summed E-state index contributed by atoms with van der Waals surface area (Å²) >= 11 is 12.1. The zero-order valence-corrected chi connectivity index (χ0v) is 14.9. The highest BCUT2D eigenvalue weighted by Crippen LogP contribution is 2.28. The molecule has 3 aromatic rings. The smallest absolute Gasteiger partial charge is 0.257 e. The van der Waals surface area contributed by atoms with Crippen LogP contribution in [0.1, 0.15) is 15.9 Å². The number of carbonyl (C=O) groups is 1. The third-order valence-corrected chi connectivity index (χ3v) is 4.08. The van der Waals surface area contributed by atoms with Gasteiger partial charge in [0.25, 0.3) is 5.91 Å². The van der Waals surface area contributed by atoms with Gasteiger partial charge in [-0.3, -0.25) is 9.78 Å². The molecule has 3 rings (SSSR count). The molecule has 1 amide bonds. The van der Waals surface area contributed by atoms with Crippen molar-refractivity contribution in [3.8, 4) is 0 Å². The van der Waals surface area contributed by atoms with Crippen LogP contribution in [-0.4, -0.2) is 10.9 Å². The maximum Gasteiger partial charge on any atom is 0.257 e. The average Bonchev–Trinajstić information content (AvgIpc) is 2.60. The first-order valence-corrected chi connectivity index (χ1v) is 8.32. The third kappa shape index (κ3) is 4.50. The summed E-state index contributed by atoms with van der Waals surface area (Å²) in [5, 5.41) is 7.05. The minimum atomic E-state index is -0.239. The molecule has 2 aromatic carbocycles. The highest BCUT2D eigenvalue weighted by molar-refractivity contribution is 6.35. The van der Waals surface area contributed by atoms with Gasteiger partial charge in [-0.05, 0) is 43.3 Å². The van der Waals surface area contributed by atoms with Crippen LogP contribution in [0.2, 0.25) is 10.0 Å². The van der Waals surface area contributed by atoms with E-state index in [0.717, 1.165) is 11.3 Å².